The van der Waals surface area contributed by atoms with E-state index in [1.165, 1.54) is 63.9 Å². The van der Waals surface area contributed by atoms with Crippen molar-refractivity contribution in [2.45, 2.75) is 25.7 Å². The minimum Gasteiger partial charge on any atom is -0.0843 e. The normalized spacial score (nSPS) is 14.0. The highest BCUT2D eigenvalue weighted by atomic mass is 35.5. The molecule has 0 atom stereocenters. The smallest absolute Gasteiger partial charge is 0.0406 e. The zero-order chi connectivity index (χ0) is 16.8. The van der Waals surface area contributed by atoms with Crippen molar-refractivity contribution >= 4 is 33.1 Å². The van der Waals surface area contributed by atoms with Crippen LogP contribution in [-0.4, -0.2) is 0 Å². The van der Waals surface area contributed by atoms with Crippen LogP contribution in [0, 0.1) is 0 Å². The van der Waals surface area contributed by atoms with Crippen LogP contribution in [0.2, 0.25) is 5.02 Å². The van der Waals surface area contributed by atoms with Gasteiger partial charge >= 0.3 is 0 Å². The van der Waals surface area contributed by atoms with E-state index in [2.05, 4.69) is 54.6 Å². The highest BCUT2D eigenvalue weighted by Gasteiger charge is 2.17. The van der Waals surface area contributed by atoms with E-state index in [-0.39, 0.29) is 0 Å². The van der Waals surface area contributed by atoms with Crippen molar-refractivity contribution < 1.29 is 0 Å². The maximum Gasteiger partial charge on any atom is 0.0406 e. The van der Waals surface area contributed by atoms with E-state index in [4.69, 9.17) is 11.6 Å². The zero-order valence-electron chi connectivity index (χ0n) is 14.1. The van der Waals surface area contributed by atoms with Gasteiger partial charge in [-0.1, -0.05) is 60.1 Å². The second kappa shape index (κ2) is 5.89. The van der Waals surface area contributed by atoms with Crippen LogP contribution in [-0.2, 0) is 12.8 Å². The van der Waals surface area contributed by atoms with Crippen LogP contribution in [0.25, 0.3) is 32.7 Å². The molecule has 0 radical (unpaired) electrons. The Morgan fingerprint density at radius 1 is 0.720 bits per heavy atom. The van der Waals surface area contributed by atoms with Gasteiger partial charge in [0.25, 0.3) is 0 Å². The highest BCUT2D eigenvalue weighted by Crippen LogP contribution is 2.40. The first-order chi connectivity index (χ1) is 12.3. The molecule has 5 rings (SSSR count). The molecule has 1 heteroatoms. The van der Waals surface area contributed by atoms with Crippen LogP contribution in [0.4, 0.5) is 0 Å². The summed E-state index contributed by atoms with van der Waals surface area (Å²) in [4.78, 5) is 0. The number of aryl methyl sites for hydroxylation is 2. The second-order valence-corrected chi connectivity index (χ2v) is 7.42. The van der Waals surface area contributed by atoms with E-state index in [0.717, 1.165) is 5.02 Å². The lowest BCUT2D eigenvalue weighted by atomic mass is 9.83. The monoisotopic (exact) mass is 342 g/mol. The minimum atomic E-state index is 0.788. The molecule has 0 heterocycles. The molecule has 0 nitrogen and oxygen atoms in total. The first kappa shape index (κ1) is 15.0. The van der Waals surface area contributed by atoms with E-state index in [9.17, 15) is 0 Å². The summed E-state index contributed by atoms with van der Waals surface area (Å²) >= 11 is 6.13. The van der Waals surface area contributed by atoms with Gasteiger partial charge in [0.1, 0.15) is 0 Å². The molecule has 1 aliphatic rings. The van der Waals surface area contributed by atoms with Crippen LogP contribution in [0.1, 0.15) is 24.0 Å². The van der Waals surface area contributed by atoms with Gasteiger partial charge in [-0.25, -0.2) is 0 Å². The Hall–Kier alpha value is -2.31. The topological polar surface area (TPSA) is 0 Å². The third kappa shape index (κ3) is 2.44. The lowest BCUT2D eigenvalue weighted by Gasteiger charge is -2.21. The molecular weight excluding hydrogens is 324 g/mol. The van der Waals surface area contributed by atoms with Crippen molar-refractivity contribution in [1.82, 2.24) is 0 Å². The van der Waals surface area contributed by atoms with Gasteiger partial charge in [-0.05, 0) is 87.7 Å². The van der Waals surface area contributed by atoms with Crippen molar-refractivity contribution in [3.05, 3.63) is 82.9 Å². The fourth-order valence-corrected chi connectivity index (χ4v) is 4.44. The number of benzene rings is 4. The van der Waals surface area contributed by atoms with Crippen molar-refractivity contribution in [2.24, 2.45) is 0 Å². The molecule has 4 aromatic carbocycles. The molecule has 122 valence electrons. The van der Waals surface area contributed by atoms with Crippen molar-refractivity contribution in [1.29, 1.82) is 0 Å². The van der Waals surface area contributed by atoms with E-state index in [0.29, 0.717) is 0 Å². The maximum absolute atomic E-state index is 6.13. The van der Waals surface area contributed by atoms with Gasteiger partial charge < -0.3 is 0 Å². The number of halogens is 1. The average Bonchev–Trinajstić information content (AvgIpc) is 2.67. The first-order valence-corrected chi connectivity index (χ1v) is 9.41. The molecule has 0 N–H and O–H groups in total. The Balaban J connectivity index is 1.94. The molecule has 0 aromatic heterocycles. The third-order valence-electron chi connectivity index (χ3n) is 5.51. The maximum atomic E-state index is 6.13. The van der Waals surface area contributed by atoms with E-state index in [1.54, 1.807) is 5.56 Å². The molecule has 0 amide bonds. The van der Waals surface area contributed by atoms with Crippen LogP contribution < -0.4 is 0 Å². The fourth-order valence-electron chi connectivity index (χ4n) is 4.31. The average molecular weight is 343 g/mol. The van der Waals surface area contributed by atoms with E-state index >= 15 is 0 Å². The second-order valence-electron chi connectivity index (χ2n) is 6.99. The van der Waals surface area contributed by atoms with Gasteiger partial charge in [-0.3, -0.25) is 0 Å². The third-order valence-corrected chi connectivity index (χ3v) is 5.76. The van der Waals surface area contributed by atoms with Crippen LogP contribution in [0.3, 0.4) is 0 Å². The SMILES string of the molecule is Clc1ccc(-c2cc3ccccc3c3ccc4c(c23)CCCC4)cc1. The minimum absolute atomic E-state index is 0.788. The number of hydrogen-bond donors (Lipinski definition) is 0. The number of hydrogen-bond acceptors (Lipinski definition) is 0. The summed E-state index contributed by atoms with van der Waals surface area (Å²) in [6, 6.07) is 24.1. The molecule has 0 spiro atoms. The zero-order valence-corrected chi connectivity index (χ0v) is 14.8. The lowest BCUT2D eigenvalue weighted by Crippen LogP contribution is -2.04. The quantitative estimate of drug-likeness (QED) is 0.321. The summed E-state index contributed by atoms with van der Waals surface area (Å²) < 4.78 is 0. The molecule has 0 bridgehead atoms. The Labute approximate surface area is 153 Å². The van der Waals surface area contributed by atoms with Gasteiger partial charge in [0, 0.05) is 5.02 Å². The molecule has 1 aliphatic carbocycles. The molecule has 0 saturated heterocycles. The van der Waals surface area contributed by atoms with Crippen LogP contribution in [0.5, 0.6) is 0 Å². The summed E-state index contributed by atoms with van der Waals surface area (Å²) in [5, 5.41) is 6.26. The Bertz CT molecular complexity index is 1090. The van der Waals surface area contributed by atoms with Gasteiger partial charge in [-0.2, -0.15) is 0 Å². The molecule has 0 aliphatic heterocycles. The van der Waals surface area contributed by atoms with Crippen molar-refractivity contribution in [3.8, 4) is 11.1 Å². The molecule has 4 aromatic rings. The van der Waals surface area contributed by atoms with Gasteiger partial charge in [-0.15, -0.1) is 0 Å². The van der Waals surface area contributed by atoms with Crippen molar-refractivity contribution in [3.63, 3.8) is 0 Å². The number of rotatable bonds is 1. The fraction of sp³-hybridized carbons (Fsp3) is 0.167. The van der Waals surface area contributed by atoms with Crippen molar-refractivity contribution in [2.75, 3.05) is 0 Å². The Morgan fingerprint density at radius 3 is 2.40 bits per heavy atom. The lowest BCUT2D eigenvalue weighted by molar-refractivity contribution is 0.690. The Morgan fingerprint density at radius 2 is 1.52 bits per heavy atom. The molecule has 0 fully saturated rings. The summed E-state index contributed by atoms with van der Waals surface area (Å²) in [5.41, 5.74) is 5.67. The highest BCUT2D eigenvalue weighted by molar-refractivity contribution is 6.30. The molecule has 25 heavy (non-hydrogen) atoms. The largest absolute Gasteiger partial charge is 0.0843 e. The van der Waals surface area contributed by atoms with Gasteiger partial charge in [0.15, 0.2) is 0 Å². The van der Waals surface area contributed by atoms with E-state index < -0.39 is 0 Å². The van der Waals surface area contributed by atoms with E-state index in [1.807, 2.05) is 12.1 Å². The summed E-state index contributed by atoms with van der Waals surface area (Å²) in [5.74, 6) is 0. The van der Waals surface area contributed by atoms with Crippen LogP contribution in [0.15, 0.2) is 66.7 Å². The molecular formula is C24H19Cl. The summed E-state index contributed by atoms with van der Waals surface area (Å²) in [6.45, 7) is 0. The first-order valence-electron chi connectivity index (χ1n) is 9.03. The Kier molecular flexibility index (Phi) is 3.53. The van der Waals surface area contributed by atoms with Gasteiger partial charge in [0.2, 0.25) is 0 Å². The molecule has 0 saturated carbocycles. The summed E-state index contributed by atoms with van der Waals surface area (Å²) in [6.07, 6.45) is 4.99. The number of fused-ring (bicyclic) bond motifs is 5. The molecule has 0 unspecified atom stereocenters. The standard InChI is InChI=1S/C24H19Cl/c25-19-12-9-17(10-13-19)23-15-18-6-2-3-7-20(18)22-14-11-16-5-1-4-8-21(16)24(22)23/h2-3,6-7,9-15H,1,4-5,8H2. The predicted octanol–water partition coefficient (Wildman–Crippen LogP) is 7.19. The van der Waals surface area contributed by atoms with Crippen LogP contribution >= 0.6 is 11.6 Å². The predicted molar refractivity (Wildman–Crippen MR) is 109 cm³/mol. The summed E-state index contributed by atoms with van der Waals surface area (Å²) in [7, 11) is 0. The van der Waals surface area contributed by atoms with Gasteiger partial charge in [0.05, 0.1) is 0 Å².